The summed E-state index contributed by atoms with van der Waals surface area (Å²) in [5.74, 6) is 0.529. The van der Waals surface area contributed by atoms with Gasteiger partial charge in [0.15, 0.2) is 17.8 Å². The number of rotatable bonds is 7. The van der Waals surface area contributed by atoms with Crippen molar-refractivity contribution in [3.05, 3.63) is 97.2 Å². The van der Waals surface area contributed by atoms with Crippen LogP contribution in [-0.2, 0) is 0 Å². The quantitative estimate of drug-likeness (QED) is 0.191. The average Bonchev–Trinajstić information content (AvgIpc) is 3.43. The fourth-order valence-corrected chi connectivity index (χ4v) is 4.81. The summed E-state index contributed by atoms with van der Waals surface area (Å²) in [6.07, 6.45) is 2.90. The highest BCUT2D eigenvalue weighted by molar-refractivity contribution is 9.10. The lowest BCUT2D eigenvalue weighted by Gasteiger charge is -2.15. The number of aliphatic hydroxyl groups excluding tert-OH is 1. The van der Waals surface area contributed by atoms with Gasteiger partial charge in [-0.1, -0.05) is 45.7 Å². The first-order valence-corrected chi connectivity index (χ1v) is 12.1. The highest BCUT2D eigenvalue weighted by Crippen LogP contribution is 2.37. The van der Waals surface area contributed by atoms with Crippen LogP contribution in [0.5, 0.6) is 0 Å². The lowest BCUT2D eigenvalue weighted by Crippen LogP contribution is -2.24. The summed E-state index contributed by atoms with van der Waals surface area (Å²) < 4.78 is 7.12. The number of halogens is 2. The normalized spacial score (nSPS) is 11.1. The molecular formula is C25H17BrClN5O5. The van der Waals surface area contributed by atoms with Gasteiger partial charge in [0, 0.05) is 33.6 Å². The molecule has 3 aromatic carbocycles. The van der Waals surface area contributed by atoms with Crippen LogP contribution in [0.1, 0.15) is 0 Å². The van der Waals surface area contributed by atoms with E-state index >= 15 is 0 Å². The van der Waals surface area contributed by atoms with Crippen molar-refractivity contribution in [3.8, 4) is 28.3 Å². The number of nitrogens with one attached hydrogen (secondary N) is 1. The fourth-order valence-electron chi connectivity index (χ4n) is 4.01. The van der Waals surface area contributed by atoms with Crippen LogP contribution in [0.25, 0.3) is 39.0 Å². The molecule has 186 valence electrons. The first kappa shape index (κ1) is 24.6. The Bertz CT molecular complexity index is 1700. The van der Waals surface area contributed by atoms with E-state index in [4.69, 9.17) is 16.0 Å². The Morgan fingerprint density at radius 2 is 1.89 bits per heavy atom. The van der Waals surface area contributed by atoms with Gasteiger partial charge in [-0.15, -0.1) is 0 Å². The van der Waals surface area contributed by atoms with Crippen LogP contribution in [-0.4, -0.2) is 37.9 Å². The highest BCUT2D eigenvalue weighted by atomic mass is 79.9. The van der Waals surface area contributed by atoms with Crippen LogP contribution in [0.4, 0.5) is 11.4 Å². The second-order valence-electron chi connectivity index (χ2n) is 7.91. The molecule has 37 heavy (non-hydrogen) atoms. The van der Waals surface area contributed by atoms with Crippen LogP contribution in [0, 0.1) is 10.1 Å². The molecule has 0 atom stereocenters. The summed E-state index contributed by atoms with van der Waals surface area (Å²) in [4.78, 5) is 28.9. The number of benzene rings is 3. The van der Waals surface area contributed by atoms with E-state index in [1.807, 2.05) is 18.2 Å². The molecule has 0 spiro atoms. The van der Waals surface area contributed by atoms with Crippen LogP contribution < -0.4 is 10.9 Å². The van der Waals surface area contributed by atoms with Crippen molar-refractivity contribution in [2.24, 2.45) is 0 Å². The molecule has 0 amide bonds. The van der Waals surface area contributed by atoms with E-state index in [-0.39, 0.29) is 23.9 Å². The van der Waals surface area contributed by atoms with Crippen LogP contribution in [0.15, 0.2) is 80.9 Å². The van der Waals surface area contributed by atoms with Crippen LogP contribution in [0.3, 0.4) is 0 Å². The van der Waals surface area contributed by atoms with Crippen molar-refractivity contribution >= 4 is 49.7 Å². The molecule has 5 aromatic rings. The number of oxazole rings is 1. The minimum atomic E-state index is -0.624. The second-order valence-corrected chi connectivity index (χ2v) is 9.20. The molecule has 0 saturated carbocycles. The van der Waals surface area contributed by atoms with E-state index in [1.165, 1.54) is 18.5 Å². The van der Waals surface area contributed by atoms with Gasteiger partial charge < -0.3 is 14.8 Å². The lowest BCUT2D eigenvalue weighted by molar-refractivity contribution is -0.384. The average molecular weight is 583 g/mol. The number of nitro groups is 1. The zero-order valence-electron chi connectivity index (χ0n) is 18.9. The van der Waals surface area contributed by atoms with E-state index in [0.717, 1.165) is 9.15 Å². The van der Waals surface area contributed by atoms with Crippen molar-refractivity contribution in [3.63, 3.8) is 0 Å². The van der Waals surface area contributed by atoms with E-state index in [2.05, 4.69) is 31.3 Å². The number of hydrogen-bond acceptors (Lipinski definition) is 8. The van der Waals surface area contributed by atoms with Crippen molar-refractivity contribution in [2.75, 3.05) is 18.5 Å². The molecule has 12 heteroatoms. The molecule has 0 fully saturated rings. The molecule has 0 bridgehead atoms. The molecule has 0 aliphatic rings. The zero-order chi connectivity index (χ0) is 26.1. The fraction of sp³-hybridized carbons (Fsp3) is 0.0800. The predicted molar refractivity (Wildman–Crippen MR) is 143 cm³/mol. The molecule has 0 aliphatic carbocycles. The van der Waals surface area contributed by atoms with Gasteiger partial charge in [-0.3, -0.25) is 14.9 Å². The van der Waals surface area contributed by atoms with E-state index in [1.54, 1.807) is 30.5 Å². The maximum atomic E-state index is 13.6. The van der Waals surface area contributed by atoms with Crippen molar-refractivity contribution in [1.29, 1.82) is 0 Å². The summed E-state index contributed by atoms with van der Waals surface area (Å²) in [6, 6.07) is 15.0. The number of anilines is 1. The summed E-state index contributed by atoms with van der Waals surface area (Å²) >= 11 is 10.1. The molecule has 2 aromatic heterocycles. The molecular weight excluding hydrogens is 566 g/mol. The van der Waals surface area contributed by atoms with Crippen molar-refractivity contribution in [2.45, 2.75) is 0 Å². The molecule has 0 saturated heterocycles. The number of hydrogen-bond donors (Lipinski definition) is 2. The van der Waals surface area contributed by atoms with Crippen LogP contribution in [0.2, 0.25) is 5.02 Å². The topological polar surface area (TPSA) is 136 Å². The number of nitrogens with zero attached hydrogens (tertiary/aromatic N) is 4. The van der Waals surface area contributed by atoms with Gasteiger partial charge in [0.05, 0.1) is 39.5 Å². The summed E-state index contributed by atoms with van der Waals surface area (Å²) in [5.41, 5.74) is 0.896. The van der Waals surface area contributed by atoms with Gasteiger partial charge in [-0.25, -0.2) is 4.98 Å². The highest BCUT2D eigenvalue weighted by Gasteiger charge is 2.25. The molecule has 2 heterocycles. The number of nitro benzene ring substituents is 1. The predicted octanol–water partition coefficient (Wildman–Crippen LogP) is 5.44. The summed E-state index contributed by atoms with van der Waals surface area (Å²) in [7, 11) is 0. The Morgan fingerprint density at radius 3 is 2.59 bits per heavy atom. The van der Waals surface area contributed by atoms with Crippen molar-refractivity contribution in [1.82, 2.24) is 14.8 Å². The Hall–Kier alpha value is -4.06. The Kier molecular flexibility index (Phi) is 6.74. The molecule has 0 unspecified atom stereocenters. The molecule has 5 rings (SSSR count). The Balaban J connectivity index is 1.83. The van der Waals surface area contributed by atoms with Gasteiger partial charge in [0.25, 0.3) is 11.2 Å². The largest absolute Gasteiger partial charge is 0.444 e. The van der Waals surface area contributed by atoms with Gasteiger partial charge in [-0.05, 0) is 30.3 Å². The van der Waals surface area contributed by atoms with Gasteiger partial charge in [0.2, 0.25) is 0 Å². The Morgan fingerprint density at radius 1 is 1.14 bits per heavy atom. The maximum Gasteiger partial charge on any atom is 0.296 e. The number of aromatic nitrogens is 3. The third kappa shape index (κ3) is 4.59. The van der Waals surface area contributed by atoms with E-state index in [9.17, 15) is 20.0 Å². The molecule has 2 N–H and O–H groups in total. The van der Waals surface area contributed by atoms with Gasteiger partial charge in [-0.2, -0.15) is 9.78 Å². The molecule has 0 radical (unpaired) electrons. The van der Waals surface area contributed by atoms with Crippen LogP contribution >= 0.6 is 27.5 Å². The first-order chi connectivity index (χ1) is 17.9. The number of aliphatic hydroxyl groups is 1. The van der Waals surface area contributed by atoms with Crippen molar-refractivity contribution < 1.29 is 14.4 Å². The van der Waals surface area contributed by atoms with Gasteiger partial charge >= 0.3 is 0 Å². The minimum absolute atomic E-state index is 0.0740. The first-order valence-electron chi connectivity index (χ1n) is 10.9. The minimum Gasteiger partial charge on any atom is -0.444 e. The summed E-state index contributed by atoms with van der Waals surface area (Å²) in [6.45, 7) is -0.0257. The SMILES string of the molecule is O=c1c2ccccc2c(-c2cc(Br)cc(-c3cnco3)c2)nn1-c1c([N+](=O)[O-])ccc(NCCO)c1Cl. The van der Waals surface area contributed by atoms with Gasteiger partial charge in [0.1, 0.15) is 0 Å². The second kappa shape index (κ2) is 10.1. The summed E-state index contributed by atoms with van der Waals surface area (Å²) in [5, 5.41) is 29.4. The third-order valence-electron chi connectivity index (χ3n) is 5.62. The standard InChI is InChI=1S/C25H17BrClN5O5/c26-16-10-14(21-12-28-13-37-21)9-15(11-16)23-17-3-1-2-4-18(17)25(34)31(30-23)24-20(32(35)36)6-5-19(22(24)27)29-7-8-33/h1-6,9-13,29,33H,7-8H2. The third-order valence-corrected chi connectivity index (χ3v) is 6.46. The monoisotopic (exact) mass is 581 g/mol. The smallest absolute Gasteiger partial charge is 0.296 e. The molecule has 0 aliphatic heterocycles. The van der Waals surface area contributed by atoms with E-state index in [0.29, 0.717) is 39.0 Å². The van der Waals surface area contributed by atoms with E-state index < -0.39 is 16.2 Å². The lowest BCUT2D eigenvalue weighted by atomic mass is 10.0. The maximum absolute atomic E-state index is 13.6. The zero-order valence-corrected chi connectivity index (χ0v) is 21.2. The molecule has 10 nitrogen and oxygen atoms in total. The Labute approximate surface area is 222 Å². The number of fused-ring (bicyclic) bond motifs is 1.